The van der Waals surface area contributed by atoms with E-state index in [1.807, 2.05) is 36.4 Å². The van der Waals surface area contributed by atoms with Crippen LogP contribution in [0.2, 0.25) is 0 Å². The van der Waals surface area contributed by atoms with Crippen LogP contribution in [0, 0.1) is 0 Å². The highest BCUT2D eigenvalue weighted by Gasteiger charge is 2.08. The Balaban J connectivity index is 1.39. The normalized spacial score (nSPS) is 10.4. The van der Waals surface area contributed by atoms with Crippen molar-refractivity contribution in [1.82, 2.24) is 10.3 Å². The second-order valence-electron chi connectivity index (χ2n) is 6.64. The highest BCUT2D eigenvalue weighted by Crippen LogP contribution is 2.29. The number of ether oxygens (including phenoxy) is 1. The van der Waals surface area contributed by atoms with Crippen LogP contribution in [-0.2, 0) is 6.54 Å². The number of carbonyl (C=O) groups is 1. The predicted octanol–water partition coefficient (Wildman–Crippen LogP) is 5.81. The first-order valence-corrected chi connectivity index (χ1v) is 10.4. The van der Waals surface area contributed by atoms with Gasteiger partial charge in [0, 0.05) is 28.7 Å². The third kappa shape index (κ3) is 4.85. The number of amides is 2. The number of thiazole rings is 1. The molecule has 0 spiro atoms. The summed E-state index contributed by atoms with van der Waals surface area (Å²) in [4.78, 5) is 17.0. The quantitative estimate of drug-likeness (QED) is 0.418. The van der Waals surface area contributed by atoms with Gasteiger partial charge in [-0.1, -0.05) is 48.5 Å². The zero-order valence-electron chi connectivity index (χ0n) is 16.5. The van der Waals surface area contributed by atoms with Crippen LogP contribution < -0.4 is 15.4 Å². The smallest absolute Gasteiger partial charge is 0.319 e. The lowest BCUT2D eigenvalue weighted by molar-refractivity contribution is 0.251. The van der Waals surface area contributed by atoms with Gasteiger partial charge in [-0.2, -0.15) is 0 Å². The third-order valence-electron chi connectivity index (χ3n) is 4.55. The number of hydrogen-bond donors (Lipinski definition) is 2. The first kappa shape index (κ1) is 19.7. The molecular weight excluding hydrogens is 394 g/mol. The maximum absolute atomic E-state index is 12.2. The summed E-state index contributed by atoms with van der Waals surface area (Å²) in [5.74, 6) is 0.746. The monoisotopic (exact) mass is 415 g/mol. The SMILES string of the molecule is COc1ccc(NC(=O)NCc2cccc(-c3nc(-c4ccccc4)cs3)c2)cc1. The van der Waals surface area contributed by atoms with Crippen LogP contribution in [0.15, 0.2) is 84.2 Å². The van der Waals surface area contributed by atoms with E-state index in [4.69, 9.17) is 9.72 Å². The first-order chi connectivity index (χ1) is 14.7. The van der Waals surface area contributed by atoms with Crippen LogP contribution >= 0.6 is 11.3 Å². The molecule has 0 atom stereocenters. The second-order valence-corrected chi connectivity index (χ2v) is 7.50. The minimum Gasteiger partial charge on any atom is -0.497 e. The summed E-state index contributed by atoms with van der Waals surface area (Å²) < 4.78 is 5.12. The average molecular weight is 416 g/mol. The number of nitrogens with one attached hydrogen (secondary N) is 2. The first-order valence-electron chi connectivity index (χ1n) is 9.50. The van der Waals surface area contributed by atoms with Crippen LogP contribution in [0.4, 0.5) is 10.5 Å². The van der Waals surface area contributed by atoms with Crippen molar-refractivity contribution in [3.05, 3.63) is 89.8 Å². The third-order valence-corrected chi connectivity index (χ3v) is 5.44. The Morgan fingerprint density at radius 2 is 1.73 bits per heavy atom. The summed E-state index contributed by atoms with van der Waals surface area (Å²) in [7, 11) is 1.61. The number of methoxy groups -OCH3 is 1. The molecule has 1 aromatic heterocycles. The highest BCUT2D eigenvalue weighted by molar-refractivity contribution is 7.13. The summed E-state index contributed by atoms with van der Waals surface area (Å²) in [6.07, 6.45) is 0. The molecule has 2 amide bonds. The Morgan fingerprint density at radius 3 is 2.50 bits per heavy atom. The van der Waals surface area contributed by atoms with Gasteiger partial charge in [0.1, 0.15) is 10.8 Å². The molecular formula is C24H21N3O2S. The number of aromatic nitrogens is 1. The molecule has 0 aliphatic heterocycles. The molecule has 6 heteroatoms. The van der Waals surface area contributed by atoms with Gasteiger partial charge in [0.2, 0.25) is 0 Å². The van der Waals surface area contributed by atoms with Gasteiger partial charge in [0.15, 0.2) is 0 Å². The van der Waals surface area contributed by atoms with Crippen LogP contribution in [0.5, 0.6) is 5.75 Å². The maximum Gasteiger partial charge on any atom is 0.319 e. The van der Waals surface area contributed by atoms with Crippen LogP contribution in [0.25, 0.3) is 21.8 Å². The molecule has 0 fully saturated rings. The number of hydrogen-bond acceptors (Lipinski definition) is 4. The number of rotatable bonds is 6. The van der Waals surface area contributed by atoms with Crippen molar-refractivity contribution in [1.29, 1.82) is 0 Å². The molecule has 150 valence electrons. The molecule has 0 unspecified atom stereocenters. The number of nitrogens with zero attached hydrogens (tertiary/aromatic N) is 1. The van der Waals surface area contributed by atoms with Gasteiger partial charge in [-0.25, -0.2) is 9.78 Å². The average Bonchev–Trinajstić information content (AvgIpc) is 3.30. The molecule has 0 radical (unpaired) electrons. The van der Waals surface area contributed by atoms with E-state index >= 15 is 0 Å². The van der Waals surface area contributed by atoms with E-state index < -0.39 is 0 Å². The van der Waals surface area contributed by atoms with Gasteiger partial charge >= 0.3 is 6.03 Å². The van der Waals surface area contributed by atoms with E-state index in [1.165, 1.54) is 0 Å². The van der Waals surface area contributed by atoms with Gasteiger partial charge < -0.3 is 15.4 Å². The van der Waals surface area contributed by atoms with Gasteiger partial charge in [0.25, 0.3) is 0 Å². The van der Waals surface area contributed by atoms with Crippen LogP contribution in [0.1, 0.15) is 5.56 Å². The number of carbonyl (C=O) groups excluding carboxylic acids is 1. The van der Waals surface area contributed by atoms with E-state index in [-0.39, 0.29) is 6.03 Å². The topological polar surface area (TPSA) is 63.2 Å². The lowest BCUT2D eigenvalue weighted by Gasteiger charge is -2.09. The summed E-state index contributed by atoms with van der Waals surface area (Å²) in [5.41, 5.74) is 4.83. The number of anilines is 1. The lowest BCUT2D eigenvalue weighted by Crippen LogP contribution is -2.28. The van der Waals surface area contributed by atoms with Gasteiger partial charge in [-0.15, -0.1) is 11.3 Å². The van der Waals surface area contributed by atoms with Crippen molar-refractivity contribution < 1.29 is 9.53 Å². The minimum absolute atomic E-state index is 0.258. The zero-order valence-corrected chi connectivity index (χ0v) is 17.3. The van der Waals surface area contributed by atoms with Gasteiger partial charge in [-0.3, -0.25) is 0 Å². The lowest BCUT2D eigenvalue weighted by atomic mass is 10.1. The van der Waals surface area contributed by atoms with Crippen molar-refractivity contribution >= 4 is 23.1 Å². The van der Waals surface area contributed by atoms with Crippen molar-refractivity contribution in [3.63, 3.8) is 0 Å². The summed E-state index contributed by atoms with van der Waals surface area (Å²) in [6.45, 7) is 0.423. The maximum atomic E-state index is 12.2. The molecule has 4 aromatic rings. The number of urea groups is 1. The van der Waals surface area contributed by atoms with Crippen molar-refractivity contribution in [2.75, 3.05) is 12.4 Å². The Morgan fingerprint density at radius 1 is 0.967 bits per heavy atom. The Kier molecular flexibility index (Phi) is 6.06. The predicted molar refractivity (Wildman–Crippen MR) is 122 cm³/mol. The molecule has 5 nitrogen and oxygen atoms in total. The van der Waals surface area contributed by atoms with Crippen molar-refractivity contribution in [3.8, 4) is 27.6 Å². The van der Waals surface area contributed by atoms with E-state index in [0.29, 0.717) is 12.2 Å². The molecule has 0 saturated carbocycles. The van der Waals surface area contributed by atoms with Crippen LogP contribution in [0.3, 0.4) is 0 Å². The Bertz CT molecular complexity index is 1120. The molecule has 0 saturated heterocycles. The largest absolute Gasteiger partial charge is 0.497 e. The van der Waals surface area contributed by atoms with E-state index in [9.17, 15) is 4.79 Å². The van der Waals surface area contributed by atoms with Crippen LogP contribution in [-0.4, -0.2) is 18.1 Å². The Labute approximate surface area is 179 Å². The minimum atomic E-state index is -0.258. The molecule has 2 N–H and O–H groups in total. The van der Waals surface area contributed by atoms with Crippen molar-refractivity contribution in [2.24, 2.45) is 0 Å². The van der Waals surface area contributed by atoms with E-state index in [2.05, 4.69) is 34.2 Å². The van der Waals surface area contributed by atoms with Gasteiger partial charge in [0.05, 0.1) is 12.8 Å². The van der Waals surface area contributed by atoms with Gasteiger partial charge in [-0.05, 0) is 35.9 Å². The Hall–Kier alpha value is -3.64. The summed E-state index contributed by atoms with van der Waals surface area (Å²) in [5, 5.41) is 8.73. The highest BCUT2D eigenvalue weighted by atomic mass is 32.1. The fraction of sp³-hybridized carbons (Fsp3) is 0.0833. The molecule has 0 bridgehead atoms. The number of benzene rings is 3. The zero-order chi connectivity index (χ0) is 20.8. The summed E-state index contributed by atoms with van der Waals surface area (Å²) in [6, 6.07) is 25.1. The fourth-order valence-electron chi connectivity index (χ4n) is 2.99. The molecule has 1 heterocycles. The summed E-state index contributed by atoms with van der Waals surface area (Å²) >= 11 is 1.61. The fourth-order valence-corrected chi connectivity index (χ4v) is 3.82. The second kappa shape index (κ2) is 9.24. The van der Waals surface area contributed by atoms with E-state index in [0.717, 1.165) is 33.1 Å². The molecule has 30 heavy (non-hydrogen) atoms. The van der Waals surface area contributed by atoms with Crippen molar-refractivity contribution in [2.45, 2.75) is 6.54 Å². The van der Waals surface area contributed by atoms with E-state index in [1.54, 1.807) is 42.7 Å². The standard InChI is InChI=1S/C24H21N3O2S/c1-29-21-12-10-20(11-13-21)26-24(28)25-15-17-6-5-9-19(14-17)23-27-22(16-30-23)18-7-3-2-4-8-18/h2-14,16H,15H2,1H3,(H2,25,26,28). The molecule has 4 rings (SSSR count). The molecule has 0 aliphatic carbocycles. The molecule has 0 aliphatic rings. The molecule has 3 aromatic carbocycles.